The van der Waals surface area contributed by atoms with Gasteiger partial charge in [0.05, 0.1) is 50.6 Å². The average Bonchev–Trinajstić information content (AvgIpc) is 3.06. The van der Waals surface area contributed by atoms with Crippen molar-refractivity contribution in [2.45, 2.75) is 24.9 Å². The highest BCUT2D eigenvalue weighted by molar-refractivity contribution is 8.00. The summed E-state index contributed by atoms with van der Waals surface area (Å²) in [7, 11) is 0. The topological polar surface area (TPSA) is 45.1 Å². The molecule has 28 heavy (non-hydrogen) atoms. The van der Waals surface area contributed by atoms with Crippen molar-refractivity contribution in [1.29, 1.82) is 0 Å². The van der Waals surface area contributed by atoms with Crippen LogP contribution in [0.4, 0.5) is 13.2 Å². The number of alkyl halides is 3. The van der Waals surface area contributed by atoms with Gasteiger partial charge in [0.25, 0.3) is 0 Å². The number of thioether (sulfide) groups is 1. The Morgan fingerprint density at radius 2 is 1.86 bits per heavy atom. The summed E-state index contributed by atoms with van der Waals surface area (Å²) in [4.78, 5) is 29.1. The molecule has 2 aliphatic heterocycles. The van der Waals surface area contributed by atoms with E-state index in [4.69, 9.17) is 0 Å². The van der Waals surface area contributed by atoms with Crippen molar-refractivity contribution in [3.63, 3.8) is 0 Å². The van der Waals surface area contributed by atoms with Crippen LogP contribution < -0.4 is 4.90 Å². The zero-order valence-electron chi connectivity index (χ0n) is 15.8. The fourth-order valence-corrected chi connectivity index (χ4v) is 4.85. The summed E-state index contributed by atoms with van der Waals surface area (Å²) in [5, 5.41) is -0.239. The zero-order chi connectivity index (χ0) is 20.3. The van der Waals surface area contributed by atoms with E-state index in [1.54, 1.807) is 4.90 Å². The first-order valence-corrected chi connectivity index (χ1v) is 10.5. The van der Waals surface area contributed by atoms with Crippen LogP contribution >= 0.6 is 11.8 Å². The first-order valence-electron chi connectivity index (χ1n) is 9.49. The molecule has 0 aromatic heterocycles. The van der Waals surface area contributed by atoms with Crippen molar-refractivity contribution < 1.29 is 27.7 Å². The second-order valence-corrected chi connectivity index (χ2v) is 8.17. The van der Waals surface area contributed by atoms with E-state index < -0.39 is 11.7 Å². The normalized spacial score (nSPS) is 21.4. The third-order valence-corrected chi connectivity index (χ3v) is 6.58. The lowest BCUT2D eigenvalue weighted by Crippen LogP contribution is -3.15. The molecular formula is C19H25F3N3O2S+. The molecular weight excluding hydrogens is 391 g/mol. The SMILES string of the molecule is CCC(=O)N1CC[NH+](CCN2C(=O)CS[C@H]2c2ccc(C(F)(F)F)cc2)CC1. The molecule has 1 aromatic rings. The number of nitrogens with zero attached hydrogens (tertiary/aromatic N) is 2. The molecule has 0 unspecified atom stereocenters. The Morgan fingerprint density at radius 1 is 1.21 bits per heavy atom. The molecule has 0 spiro atoms. The van der Waals surface area contributed by atoms with Gasteiger partial charge in [0.1, 0.15) is 5.37 Å². The number of rotatable bonds is 5. The number of benzene rings is 1. The lowest BCUT2D eigenvalue weighted by Gasteiger charge is -2.33. The number of amides is 2. The maximum Gasteiger partial charge on any atom is 0.416 e. The van der Waals surface area contributed by atoms with E-state index >= 15 is 0 Å². The second kappa shape index (κ2) is 8.73. The molecule has 1 aromatic carbocycles. The molecule has 0 bridgehead atoms. The Bertz CT molecular complexity index is 703. The first kappa shape index (κ1) is 21.0. The number of nitrogens with one attached hydrogen (secondary N) is 1. The number of hydrogen-bond acceptors (Lipinski definition) is 3. The molecule has 0 aliphatic carbocycles. The van der Waals surface area contributed by atoms with Crippen LogP contribution in [0, 0.1) is 0 Å². The fraction of sp³-hybridized carbons (Fsp3) is 0.579. The molecule has 2 heterocycles. The molecule has 2 amide bonds. The Morgan fingerprint density at radius 3 is 2.43 bits per heavy atom. The molecule has 9 heteroatoms. The van der Waals surface area contributed by atoms with E-state index in [2.05, 4.69) is 0 Å². The highest BCUT2D eigenvalue weighted by Crippen LogP contribution is 2.39. The minimum Gasteiger partial charge on any atom is -0.331 e. The third kappa shape index (κ3) is 4.81. The first-order chi connectivity index (χ1) is 13.3. The standard InChI is InChI=1S/C19H24F3N3O2S/c1-2-16(26)24-10-7-23(8-11-24)9-12-25-17(27)13-28-18(25)14-3-5-15(6-4-14)19(20,21)22/h3-6,18H,2,7-13H2,1H3/p+1/t18-/m0/s1. The molecule has 1 N–H and O–H groups in total. The Labute approximate surface area is 166 Å². The summed E-state index contributed by atoms with van der Waals surface area (Å²) in [5.41, 5.74) is 0.0401. The van der Waals surface area contributed by atoms with Gasteiger partial charge < -0.3 is 14.7 Å². The molecule has 1 atom stereocenters. The van der Waals surface area contributed by atoms with Crippen LogP contribution in [-0.2, 0) is 15.8 Å². The van der Waals surface area contributed by atoms with Gasteiger partial charge in [0, 0.05) is 6.42 Å². The van der Waals surface area contributed by atoms with Gasteiger partial charge in [-0.3, -0.25) is 9.59 Å². The summed E-state index contributed by atoms with van der Waals surface area (Å²) in [6.45, 7) is 6.36. The highest BCUT2D eigenvalue weighted by Gasteiger charge is 2.35. The fourth-order valence-electron chi connectivity index (χ4n) is 3.63. The maximum absolute atomic E-state index is 12.8. The van der Waals surface area contributed by atoms with E-state index in [1.165, 1.54) is 28.8 Å². The van der Waals surface area contributed by atoms with Crippen molar-refractivity contribution >= 4 is 23.6 Å². The van der Waals surface area contributed by atoms with Crippen molar-refractivity contribution in [2.75, 3.05) is 45.0 Å². The molecule has 3 rings (SSSR count). The van der Waals surface area contributed by atoms with Crippen LogP contribution in [0.3, 0.4) is 0 Å². The minimum absolute atomic E-state index is 0.0223. The number of hydrogen-bond donors (Lipinski definition) is 1. The summed E-state index contributed by atoms with van der Waals surface area (Å²) in [6.07, 6.45) is -3.84. The molecule has 5 nitrogen and oxygen atoms in total. The molecule has 2 fully saturated rings. The second-order valence-electron chi connectivity index (χ2n) is 7.10. The lowest BCUT2D eigenvalue weighted by atomic mass is 10.1. The van der Waals surface area contributed by atoms with Crippen molar-refractivity contribution in [1.82, 2.24) is 9.80 Å². The number of piperazine rings is 1. The Kier molecular flexibility index (Phi) is 6.54. The molecule has 2 aliphatic rings. The van der Waals surface area contributed by atoms with E-state index in [0.717, 1.165) is 50.4 Å². The summed E-state index contributed by atoms with van der Waals surface area (Å²) >= 11 is 1.45. The van der Waals surface area contributed by atoms with E-state index in [1.807, 2.05) is 11.8 Å². The quantitative estimate of drug-likeness (QED) is 0.790. The number of halogens is 3. The van der Waals surface area contributed by atoms with E-state index in [0.29, 0.717) is 18.7 Å². The minimum atomic E-state index is -4.36. The molecule has 0 radical (unpaired) electrons. The van der Waals surface area contributed by atoms with E-state index in [9.17, 15) is 22.8 Å². The predicted molar refractivity (Wildman–Crippen MR) is 101 cm³/mol. The molecule has 0 saturated carbocycles. The van der Waals surface area contributed by atoms with Gasteiger partial charge in [-0.15, -0.1) is 11.8 Å². The monoisotopic (exact) mass is 416 g/mol. The van der Waals surface area contributed by atoms with Crippen LogP contribution in [0.1, 0.15) is 29.8 Å². The van der Waals surface area contributed by atoms with Gasteiger partial charge in [-0.05, 0) is 17.7 Å². The smallest absolute Gasteiger partial charge is 0.331 e. The van der Waals surface area contributed by atoms with Crippen molar-refractivity contribution in [3.8, 4) is 0 Å². The average molecular weight is 416 g/mol. The molecule has 154 valence electrons. The number of quaternary nitrogens is 1. The summed E-state index contributed by atoms with van der Waals surface area (Å²) < 4.78 is 38.3. The largest absolute Gasteiger partial charge is 0.416 e. The maximum atomic E-state index is 12.8. The van der Waals surface area contributed by atoms with Crippen LogP contribution in [0.25, 0.3) is 0 Å². The van der Waals surface area contributed by atoms with Crippen LogP contribution in [-0.4, -0.2) is 66.6 Å². The van der Waals surface area contributed by atoms with Gasteiger partial charge >= 0.3 is 6.18 Å². The Hall–Kier alpha value is -1.74. The lowest BCUT2D eigenvalue weighted by molar-refractivity contribution is -0.903. The molecule has 2 saturated heterocycles. The highest BCUT2D eigenvalue weighted by atomic mass is 32.2. The Balaban J connectivity index is 1.57. The van der Waals surface area contributed by atoms with Crippen LogP contribution in [0.5, 0.6) is 0 Å². The predicted octanol–water partition coefficient (Wildman–Crippen LogP) is 1.42. The van der Waals surface area contributed by atoms with Crippen LogP contribution in [0.2, 0.25) is 0 Å². The number of carbonyl (C=O) groups excluding carboxylic acids is 2. The summed E-state index contributed by atoms with van der Waals surface area (Å²) in [5.74, 6) is 0.543. The van der Waals surface area contributed by atoms with Gasteiger partial charge in [-0.25, -0.2) is 0 Å². The summed E-state index contributed by atoms with van der Waals surface area (Å²) in [6, 6.07) is 5.08. The van der Waals surface area contributed by atoms with Gasteiger partial charge in [0.15, 0.2) is 0 Å². The number of carbonyl (C=O) groups is 2. The third-order valence-electron chi connectivity index (χ3n) is 5.32. The van der Waals surface area contributed by atoms with E-state index in [-0.39, 0.29) is 17.2 Å². The van der Waals surface area contributed by atoms with Gasteiger partial charge in [-0.1, -0.05) is 19.1 Å². The van der Waals surface area contributed by atoms with Gasteiger partial charge in [-0.2, -0.15) is 13.2 Å². The van der Waals surface area contributed by atoms with Gasteiger partial charge in [0.2, 0.25) is 11.8 Å². The van der Waals surface area contributed by atoms with Crippen molar-refractivity contribution in [2.24, 2.45) is 0 Å². The van der Waals surface area contributed by atoms with Crippen LogP contribution in [0.15, 0.2) is 24.3 Å². The van der Waals surface area contributed by atoms with Crippen molar-refractivity contribution in [3.05, 3.63) is 35.4 Å². The zero-order valence-corrected chi connectivity index (χ0v) is 16.6.